The van der Waals surface area contributed by atoms with Crippen LogP contribution in [-0.4, -0.2) is 47.2 Å². The maximum absolute atomic E-state index is 11.6. The second-order valence-electron chi connectivity index (χ2n) is 3.88. The van der Waals surface area contributed by atoms with Gasteiger partial charge in [0, 0.05) is 19.7 Å². The van der Waals surface area contributed by atoms with Crippen molar-refractivity contribution in [1.29, 1.82) is 0 Å². The molecule has 7 heteroatoms. The van der Waals surface area contributed by atoms with Gasteiger partial charge in [-0.3, -0.25) is 9.48 Å². The van der Waals surface area contributed by atoms with Gasteiger partial charge in [0.2, 0.25) is 0 Å². The Balaban J connectivity index is 2.19. The molecule has 1 amide bonds. The number of nitrogens with two attached hydrogens (primary N) is 1. The Hall–Kier alpha value is -1.47. The van der Waals surface area contributed by atoms with Gasteiger partial charge in [-0.1, -0.05) is 18.6 Å². The first-order chi connectivity index (χ1) is 8.77. The summed E-state index contributed by atoms with van der Waals surface area (Å²) in [5, 5.41) is 10.3. The van der Waals surface area contributed by atoms with Crippen LogP contribution in [0.5, 0.6) is 0 Å². The molecule has 0 atom stereocenters. The molecule has 1 rings (SSSR count). The molecule has 7 nitrogen and oxygen atoms in total. The molecule has 1 aromatic rings. The molecular weight excluding hydrogens is 234 g/mol. The summed E-state index contributed by atoms with van der Waals surface area (Å²) in [7, 11) is 0. The van der Waals surface area contributed by atoms with Gasteiger partial charge in [0.1, 0.15) is 0 Å². The summed E-state index contributed by atoms with van der Waals surface area (Å²) in [5.74, 6) is -0.239. The van der Waals surface area contributed by atoms with Crippen LogP contribution in [0.25, 0.3) is 0 Å². The SMILES string of the molecule is CCCCOCCNC(=O)c1cn(CCN)nn1. The Labute approximate surface area is 107 Å². The Morgan fingerprint density at radius 2 is 2.39 bits per heavy atom. The van der Waals surface area contributed by atoms with Crippen molar-refractivity contribution in [3.05, 3.63) is 11.9 Å². The molecule has 18 heavy (non-hydrogen) atoms. The molecule has 0 bridgehead atoms. The summed E-state index contributed by atoms with van der Waals surface area (Å²) in [6.07, 6.45) is 3.73. The molecule has 0 aliphatic heterocycles. The highest BCUT2D eigenvalue weighted by Gasteiger charge is 2.09. The zero-order valence-electron chi connectivity index (χ0n) is 10.8. The second-order valence-corrected chi connectivity index (χ2v) is 3.88. The van der Waals surface area contributed by atoms with Crippen LogP contribution in [0.4, 0.5) is 0 Å². The molecule has 0 aromatic carbocycles. The molecular formula is C11H21N5O2. The molecule has 0 fully saturated rings. The molecule has 1 aromatic heterocycles. The smallest absolute Gasteiger partial charge is 0.273 e. The molecule has 0 unspecified atom stereocenters. The first-order valence-corrected chi connectivity index (χ1v) is 6.24. The molecule has 0 spiro atoms. The first-order valence-electron chi connectivity index (χ1n) is 6.24. The average molecular weight is 255 g/mol. The van der Waals surface area contributed by atoms with E-state index in [1.54, 1.807) is 10.9 Å². The zero-order valence-corrected chi connectivity index (χ0v) is 10.8. The summed E-state index contributed by atoms with van der Waals surface area (Å²) < 4.78 is 6.88. The molecule has 0 aliphatic rings. The van der Waals surface area contributed by atoms with Crippen molar-refractivity contribution in [2.45, 2.75) is 26.3 Å². The van der Waals surface area contributed by atoms with E-state index in [1.807, 2.05) is 0 Å². The Morgan fingerprint density at radius 1 is 1.56 bits per heavy atom. The van der Waals surface area contributed by atoms with Crippen molar-refractivity contribution in [1.82, 2.24) is 20.3 Å². The van der Waals surface area contributed by atoms with Crippen LogP contribution in [0.3, 0.4) is 0 Å². The quantitative estimate of drug-likeness (QED) is 0.595. The number of nitrogens with zero attached hydrogens (tertiary/aromatic N) is 3. The van der Waals surface area contributed by atoms with E-state index in [1.165, 1.54) is 0 Å². The van der Waals surface area contributed by atoms with Gasteiger partial charge in [-0.15, -0.1) is 5.10 Å². The summed E-state index contributed by atoms with van der Waals surface area (Å²) >= 11 is 0. The average Bonchev–Trinajstić information content (AvgIpc) is 2.82. The van der Waals surface area contributed by atoms with Gasteiger partial charge >= 0.3 is 0 Å². The molecule has 0 saturated carbocycles. The topological polar surface area (TPSA) is 95.1 Å². The van der Waals surface area contributed by atoms with Crippen molar-refractivity contribution in [3.63, 3.8) is 0 Å². The molecule has 1 heterocycles. The number of carbonyl (C=O) groups excluding carboxylic acids is 1. The third-order valence-corrected chi connectivity index (χ3v) is 2.30. The summed E-state index contributed by atoms with van der Waals surface area (Å²) in [5.41, 5.74) is 5.68. The molecule has 0 saturated heterocycles. The number of hydrogen-bond acceptors (Lipinski definition) is 5. The summed E-state index contributed by atoms with van der Waals surface area (Å²) in [6, 6.07) is 0. The minimum absolute atomic E-state index is 0.239. The van der Waals surface area contributed by atoms with E-state index in [2.05, 4.69) is 22.6 Å². The van der Waals surface area contributed by atoms with Gasteiger partial charge in [-0.2, -0.15) is 0 Å². The van der Waals surface area contributed by atoms with Crippen molar-refractivity contribution < 1.29 is 9.53 Å². The van der Waals surface area contributed by atoms with E-state index >= 15 is 0 Å². The number of ether oxygens (including phenoxy) is 1. The van der Waals surface area contributed by atoms with Crippen LogP contribution >= 0.6 is 0 Å². The van der Waals surface area contributed by atoms with E-state index in [9.17, 15) is 4.79 Å². The van der Waals surface area contributed by atoms with E-state index < -0.39 is 0 Å². The fourth-order valence-corrected chi connectivity index (χ4v) is 1.32. The first kappa shape index (κ1) is 14.6. The van der Waals surface area contributed by atoms with E-state index in [-0.39, 0.29) is 5.91 Å². The molecule has 0 aliphatic carbocycles. The molecule has 3 N–H and O–H groups in total. The van der Waals surface area contributed by atoms with E-state index in [4.69, 9.17) is 10.5 Å². The molecule has 0 radical (unpaired) electrons. The summed E-state index contributed by atoms with van der Waals surface area (Å²) in [6.45, 7) is 4.86. The highest BCUT2D eigenvalue weighted by Crippen LogP contribution is 1.92. The van der Waals surface area contributed by atoms with Crippen molar-refractivity contribution >= 4 is 5.91 Å². The normalized spacial score (nSPS) is 10.6. The number of rotatable bonds is 9. The predicted molar refractivity (Wildman–Crippen MR) is 67.1 cm³/mol. The minimum atomic E-state index is -0.239. The van der Waals surface area contributed by atoms with Gasteiger partial charge < -0.3 is 15.8 Å². The predicted octanol–water partition coefficient (Wildman–Crippen LogP) is -0.217. The van der Waals surface area contributed by atoms with Gasteiger partial charge in [-0.25, -0.2) is 0 Å². The summed E-state index contributed by atoms with van der Waals surface area (Å²) in [4.78, 5) is 11.6. The Morgan fingerprint density at radius 3 is 3.11 bits per heavy atom. The number of amides is 1. The van der Waals surface area contributed by atoms with Gasteiger partial charge in [-0.05, 0) is 6.42 Å². The second kappa shape index (κ2) is 8.60. The zero-order chi connectivity index (χ0) is 13.2. The van der Waals surface area contributed by atoms with Gasteiger partial charge in [0.05, 0.1) is 19.3 Å². The fourth-order valence-electron chi connectivity index (χ4n) is 1.32. The lowest BCUT2D eigenvalue weighted by atomic mass is 10.4. The highest BCUT2D eigenvalue weighted by molar-refractivity contribution is 5.91. The third-order valence-electron chi connectivity index (χ3n) is 2.30. The molecule has 102 valence electrons. The van der Waals surface area contributed by atoms with E-state index in [0.717, 1.165) is 19.4 Å². The number of hydrogen-bond donors (Lipinski definition) is 2. The minimum Gasteiger partial charge on any atom is -0.380 e. The number of nitrogens with one attached hydrogen (secondary N) is 1. The maximum atomic E-state index is 11.6. The highest BCUT2D eigenvalue weighted by atomic mass is 16.5. The van der Waals surface area contributed by atoms with Crippen LogP contribution in [0.15, 0.2) is 6.20 Å². The lowest BCUT2D eigenvalue weighted by molar-refractivity contribution is 0.0908. The monoisotopic (exact) mass is 255 g/mol. The van der Waals surface area contributed by atoms with Crippen molar-refractivity contribution in [2.75, 3.05) is 26.3 Å². The van der Waals surface area contributed by atoms with Crippen LogP contribution in [0.1, 0.15) is 30.3 Å². The van der Waals surface area contributed by atoms with Crippen molar-refractivity contribution in [2.24, 2.45) is 5.73 Å². The third kappa shape index (κ3) is 5.24. The Bertz CT molecular complexity index is 353. The van der Waals surface area contributed by atoms with Crippen LogP contribution in [0.2, 0.25) is 0 Å². The van der Waals surface area contributed by atoms with Crippen molar-refractivity contribution in [3.8, 4) is 0 Å². The number of carbonyl (C=O) groups is 1. The van der Waals surface area contributed by atoms with Crippen LogP contribution in [-0.2, 0) is 11.3 Å². The largest absolute Gasteiger partial charge is 0.380 e. The lowest BCUT2D eigenvalue weighted by Gasteiger charge is -2.04. The van der Waals surface area contributed by atoms with Crippen LogP contribution < -0.4 is 11.1 Å². The maximum Gasteiger partial charge on any atom is 0.273 e. The van der Waals surface area contributed by atoms with Crippen LogP contribution in [0, 0.1) is 0 Å². The fraction of sp³-hybridized carbons (Fsp3) is 0.727. The van der Waals surface area contributed by atoms with Gasteiger partial charge in [0.15, 0.2) is 5.69 Å². The Kier molecular flexibility index (Phi) is 6.97. The van der Waals surface area contributed by atoms with E-state index in [0.29, 0.717) is 31.9 Å². The number of unbranched alkanes of at least 4 members (excludes halogenated alkanes) is 1. The number of aromatic nitrogens is 3. The lowest BCUT2D eigenvalue weighted by Crippen LogP contribution is -2.27. The standard InChI is InChI=1S/C11H21N5O2/c1-2-3-7-18-8-5-13-11(17)10-9-16(6-4-12)15-14-10/h9H,2-8,12H2,1H3,(H,13,17). The van der Waals surface area contributed by atoms with Gasteiger partial charge in [0.25, 0.3) is 5.91 Å².